The van der Waals surface area contributed by atoms with Crippen molar-refractivity contribution in [1.29, 1.82) is 0 Å². The van der Waals surface area contributed by atoms with Crippen LogP contribution in [-0.4, -0.2) is 12.1 Å². The normalized spacial score (nSPS) is 18.2. The number of fused-ring (bicyclic) bond motifs is 4. The number of amidine groups is 1. The molecule has 54 heavy (non-hydrogen) atoms. The van der Waals surface area contributed by atoms with Gasteiger partial charge in [-0.2, -0.15) is 0 Å². The first-order valence-electron chi connectivity index (χ1n) is 19.0. The third-order valence-corrected chi connectivity index (χ3v) is 11.2. The molecular formula is C51H39N3. The van der Waals surface area contributed by atoms with Gasteiger partial charge in [-0.15, -0.1) is 0 Å². The molecule has 3 nitrogen and oxygen atoms in total. The smallest absolute Gasteiger partial charge is 0.130 e. The summed E-state index contributed by atoms with van der Waals surface area (Å²) in [7, 11) is 0. The lowest BCUT2D eigenvalue weighted by atomic mass is 9.88. The van der Waals surface area contributed by atoms with Crippen LogP contribution in [0.2, 0.25) is 0 Å². The maximum absolute atomic E-state index is 5.38. The third-order valence-electron chi connectivity index (χ3n) is 11.2. The summed E-state index contributed by atoms with van der Waals surface area (Å²) in [6.07, 6.45) is 16.0. The number of benzene rings is 7. The van der Waals surface area contributed by atoms with Gasteiger partial charge < -0.3 is 5.32 Å². The first-order chi connectivity index (χ1) is 26.7. The van der Waals surface area contributed by atoms with Crippen LogP contribution in [0.4, 0.5) is 0 Å². The van der Waals surface area contributed by atoms with Crippen molar-refractivity contribution >= 4 is 55.6 Å². The highest BCUT2D eigenvalue weighted by atomic mass is 15.0. The zero-order valence-electron chi connectivity index (χ0n) is 30.0. The van der Waals surface area contributed by atoms with Crippen LogP contribution in [0, 0.1) is 0 Å². The Morgan fingerprint density at radius 2 is 1.35 bits per heavy atom. The number of hydrogen-bond donors (Lipinski definition) is 1. The summed E-state index contributed by atoms with van der Waals surface area (Å²) in [6, 6.07) is 53.0. The van der Waals surface area contributed by atoms with E-state index in [9.17, 15) is 0 Å². The molecule has 0 amide bonds. The minimum absolute atomic E-state index is 0.0556. The van der Waals surface area contributed by atoms with Crippen LogP contribution >= 0.6 is 0 Å². The SMILES string of the molecule is C1=CN=CC(c2ccc(C3=CC(c4cccc(-c5ccc6ccccc6c5)c4)NC(C4=CC(c5cc6ccccc6c6ccccc56)=CCC4)=N3)cc2)C1. The lowest BCUT2D eigenvalue weighted by Gasteiger charge is -2.27. The number of allylic oxidation sites excluding steroid dienone is 4. The van der Waals surface area contributed by atoms with E-state index in [1.807, 2.05) is 12.4 Å². The Morgan fingerprint density at radius 1 is 0.593 bits per heavy atom. The average molecular weight is 694 g/mol. The standard InChI is InChI=1S/C51H39N3/c1-2-11-37-28-39(26-23-34(37)10-1)38-13-7-15-42(29-38)50-32-49(36-24-21-35(22-25-36)44-17-9-27-52-33-44)53-51(54-50)43-16-8-14-40(30-43)48-31-41-12-3-4-18-45(41)46-19-5-6-20-47(46)48/h1-7,9-15,18-33,44,50H,8,16-17H2,(H,53,54). The largest absolute Gasteiger partial charge is 0.359 e. The summed E-state index contributed by atoms with van der Waals surface area (Å²) < 4.78 is 0. The Labute approximate surface area is 316 Å². The van der Waals surface area contributed by atoms with Crippen LogP contribution in [-0.2, 0) is 0 Å². The van der Waals surface area contributed by atoms with Crippen LogP contribution in [0.25, 0.3) is 54.7 Å². The molecule has 3 aliphatic rings. The molecule has 258 valence electrons. The summed E-state index contributed by atoms with van der Waals surface area (Å²) in [6.45, 7) is 0. The number of nitrogens with one attached hydrogen (secondary N) is 1. The predicted molar refractivity (Wildman–Crippen MR) is 229 cm³/mol. The van der Waals surface area contributed by atoms with E-state index in [0.717, 1.165) is 36.4 Å². The average Bonchev–Trinajstić information content (AvgIpc) is 3.26. The minimum atomic E-state index is -0.0556. The van der Waals surface area contributed by atoms with Crippen LogP contribution in [0.15, 0.2) is 192 Å². The predicted octanol–water partition coefficient (Wildman–Crippen LogP) is 12.8. The quantitative estimate of drug-likeness (QED) is 0.173. The van der Waals surface area contributed by atoms with Crippen LogP contribution in [0.3, 0.4) is 0 Å². The molecule has 2 heterocycles. The van der Waals surface area contributed by atoms with Gasteiger partial charge in [0.1, 0.15) is 5.84 Å². The Hall–Kier alpha value is -6.58. The topological polar surface area (TPSA) is 36.8 Å². The van der Waals surface area contributed by atoms with Crippen molar-refractivity contribution in [3.63, 3.8) is 0 Å². The summed E-state index contributed by atoms with van der Waals surface area (Å²) in [4.78, 5) is 9.78. The summed E-state index contributed by atoms with van der Waals surface area (Å²) in [5, 5.41) is 11.5. The lowest BCUT2D eigenvalue weighted by Crippen LogP contribution is -2.32. The fourth-order valence-electron chi connectivity index (χ4n) is 8.30. The van der Waals surface area contributed by atoms with Crippen molar-refractivity contribution in [3.05, 3.63) is 204 Å². The molecule has 0 fully saturated rings. The molecule has 7 aromatic carbocycles. The fraction of sp³-hybridized carbons (Fsp3) is 0.0980. The van der Waals surface area contributed by atoms with Gasteiger partial charge in [-0.3, -0.25) is 4.99 Å². The molecule has 3 heteroatoms. The molecule has 0 radical (unpaired) electrons. The maximum Gasteiger partial charge on any atom is 0.130 e. The molecule has 0 aromatic heterocycles. The summed E-state index contributed by atoms with van der Waals surface area (Å²) >= 11 is 0. The Kier molecular flexibility index (Phi) is 8.18. The van der Waals surface area contributed by atoms with Gasteiger partial charge >= 0.3 is 0 Å². The van der Waals surface area contributed by atoms with Crippen molar-refractivity contribution in [2.45, 2.75) is 31.2 Å². The van der Waals surface area contributed by atoms with E-state index in [2.05, 4.69) is 180 Å². The van der Waals surface area contributed by atoms with Crippen molar-refractivity contribution in [3.8, 4) is 11.1 Å². The van der Waals surface area contributed by atoms with Crippen LogP contribution in [0.1, 0.15) is 53.5 Å². The van der Waals surface area contributed by atoms with E-state index in [1.54, 1.807) is 0 Å². The second-order valence-corrected chi connectivity index (χ2v) is 14.5. The molecule has 0 spiro atoms. The van der Waals surface area contributed by atoms with E-state index in [-0.39, 0.29) is 6.04 Å². The minimum Gasteiger partial charge on any atom is -0.359 e. The zero-order chi connectivity index (χ0) is 35.8. The van der Waals surface area contributed by atoms with Gasteiger partial charge in [0, 0.05) is 18.3 Å². The maximum atomic E-state index is 5.38. The van der Waals surface area contributed by atoms with Crippen molar-refractivity contribution in [2.24, 2.45) is 9.98 Å². The molecule has 0 bridgehead atoms. The van der Waals surface area contributed by atoms with Gasteiger partial charge in [-0.25, -0.2) is 4.99 Å². The Morgan fingerprint density at radius 3 is 2.20 bits per heavy atom. The Balaban J connectivity index is 1.05. The molecule has 0 saturated carbocycles. The number of nitrogens with zero attached hydrogens (tertiary/aromatic N) is 2. The van der Waals surface area contributed by atoms with Gasteiger partial charge in [0.15, 0.2) is 0 Å². The second-order valence-electron chi connectivity index (χ2n) is 14.5. The highest BCUT2D eigenvalue weighted by Gasteiger charge is 2.24. The fourth-order valence-corrected chi connectivity index (χ4v) is 8.30. The lowest BCUT2D eigenvalue weighted by molar-refractivity contribution is 0.773. The number of aliphatic imine (C=N–C) groups is 2. The van der Waals surface area contributed by atoms with Gasteiger partial charge in [-0.1, -0.05) is 140 Å². The van der Waals surface area contributed by atoms with E-state index >= 15 is 0 Å². The van der Waals surface area contributed by atoms with Gasteiger partial charge in [-0.05, 0) is 126 Å². The van der Waals surface area contributed by atoms with Gasteiger partial charge in [0.2, 0.25) is 0 Å². The highest BCUT2D eigenvalue weighted by Crippen LogP contribution is 2.38. The van der Waals surface area contributed by atoms with Crippen LogP contribution < -0.4 is 5.32 Å². The molecule has 7 aromatic rings. The van der Waals surface area contributed by atoms with E-state index < -0.39 is 0 Å². The molecule has 2 aliphatic heterocycles. The summed E-state index contributed by atoms with van der Waals surface area (Å²) in [5.41, 5.74) is 10.8. The monoisotopic (exact) mass is 693 g/mol. The van der Waals surface area contributed by atoms with Crippen LogP contribution in [0.5, 0.6) is 0 Å². The molecule has 2 atom stereocenters. The van der Waals surface area contributed by atoms with E-state index in [4.69, 9.17) is 4.99 Å². The van der Waals surface area contributed by atoms with Gasteiger partial charge in [0.05, 0.1) is 11.7 Å². The Bertz CT molecular complexity index is 2780. The van der Waals surface area contributed by atoms with Crippen molar-refractivity contribution in [1.82, 2.24) is 5.32 Å². The van der Waals surface area contributed by atoms with Crippen molar-refractivity contribution < 1.29 is 0 Å². The van der Waals surface area contributed by atoms with Gasteiger partial charge in [0.25, 0.3) is 0 Å². The highest BCUT2D eigenvalue weighted by molar-refractivity contribution is 6.13. The van der Waals surface area contributed by atoms with E-state index in [0.29, 0.717) is 5.92 Å². The van der Waals surface area contributed by atoms with E-state index in [1.165, 1.54) is 71.3 Å². The number of hydrogen-bond acceptors (Lipinski definition) is 3. The first-order valence-corrected chi connectivity index (χ1v) is 19.0. The molecule has 10 rings (SSSR count). The second kappa shape index (κ2) is 13.8. The third kappa shape index (κ3) is 6.08. The van der Waals surface area contributed by atoms with Crippen molar-refractivity contribution in [2.75, 3.05) is 0 Å². The molecular weight excluding hydrogens is 655 g/mol. The first kappa shape index (κ1) is 32.1. The molecule has 1 N–H and O–H groups in total. The molecule has 2 unspecified atom stereocenters. The number of rotatable bonds is 6. The molecule has 1 aliphatic carbocycles. The molecule has 0 saturated heterocycles. The zero-order valence-corrected chi connectivity index (χ0v) is 30.0. The summed E-state index contributed by atoms with van der Waals surface area (Å²) in [5.74, 6) is 1.25.